The number of hydrogen-bond acceptors (Lipinski definition) is 5. The Bertz CT molecular complexity index is 316. The van der Waals surface area contributed by atoms with Gasteiger partial charge in [0.1, 0.15) is 0 Å². The molecule has 2 atom stereocenters. The molecular weight excluding hydrogens is 220 g/mol. The van der Waals surface area contributed by atoms with E-state index in [1.54, 1.807) is 10.9 Å². The van der Waals surface area contributed by atoms with Gasteiger partial charge < -0.3 is 15.6 Å². The van der Waals surface area contributed by atoms with Crippen molar-refractivity contribution in [2.45, 2.75) is 45.4 Å². The monoisotopic (exact) mass is 242 g/mol. The van der Waals surface area contributed by atoms with Crippen LogP contribution in [0.25, 0.3) is 0 Å². The summed E-state index contributed by atoms with van der Waals surface area (Å²) in [4.78, 5) is 0. The Morgan fingerprint density at radius 1 is 1.53 bits per heavy atom. The number of ether oxygens (including phenoxy) is 1. The summed E-state index contributed by atoms with van der Waals surface area (Å²) >= 11 is 0. The van der Waals surface area contributed by atoms with Gasteiger partial charge in [0, 0.05) is 6.61 Å². The van der Waals surface area contributed by atoms with Gasteiger partial charge in [0.05, 0.1) is 37.2 Å². The molecule has 2 unspecified atom stereocenters. The Hall–Kier alpha value is -0.980. The molecule has 0 amide bonds. The quantitative estimate of drug-likeness (QED) is 0.692. The van der Waals surface area contributed by atoms with Crippen molar-refractivity contribution in [3.05, 3.63) is 11.9 Å². The van der Waals surface area contributed by atoms with E-state index in [0.29, 0.717) is 19.8 Å². The molecule has 0 saturated carbocycles. The van der Waals surface area contributed by atoms with Crippen molar-refractivity contribution in [3.63, 3.8) is 0 Å². The van der Waals surface area contributed by atoms with Gasteiger partial charge in [-0.3, -0.25) is 0 Å². The fourth-order valence-corrected chi connectivity index (χ4v) is 1.55. The fourth-order valence-electron chi connectivity index (χ4n) is 1.55. The van der Waals surface area contributed by atoms with Crippen molar-refractivity contribution in [2.24, 2.45) is 5.73 Å². The lowest BCUT2D eigenvalue weighted by atomic mass is 10.1. The molecule has 0 bridgehead atoms. The highest BCUT2D eigenvalue weighted by molar-refractivity contribution is 4.99. The van der Waals surface area contributed by atoms with Gasteiger partial charge >= 0.3 is 0 Å². The van der Waals surface area contributed by atoms with E-state index in [1.165, 1.54) is 0 Å². The topological polar surface area (TPSA) is 86.2 Å². The molecule has 1 aromatic rings. The van der Waals surface area contributed by atoms with Crippen LogP contribution in [0.3, 0.4) is 0 Å². The average molecular weight is 242 g/mol. The highest BCUT2D eigenvalue weighted by Gasteiger charge is 2.11. The van der Waals surface area contributed by atoms with E-state index in [-0.39, 0.29) is 6.04 Å². The smallest absolute Gasteiger partial charge is 0.0994 e. The average Bonchev–Trinajstić information content (AvgIpc) is 2.75. The van der Waals surface area contributed by atoms with Gasteiger partial charge in [0.2, 0.25) is 0 Å². The van der Waals surface area contributed by atoms with Crippen molar-refractivity contribution >= 4 is 0 Å². The van der Waals surface area contributed by atoms with Crippen LogP contribution in [0, 0.1) is 0 Å². The molecule has 0 aliphatic heterocycles. The Labute approximate surface area is 102 Å². The van der Waals surface area contributed by atoms with Crippen molar-refractivity contribution in [1.82, 2.24) is 15.0 Å². The van der Waals surface area contributed by atoms with E-state index in [9.17, 15) is 5.11 Å². The van der Waals surface area contributed by atoms with E-state index >= 15 is 0 Å². The molecule has 0 radical (unpaired) electrons. The molecule has 0 aliphatic rings. The van der Waals surface area contributed by atoms with Gasteiger partial charge in [-0.1, -0.05) is 18.6 Å². The Balaban J connectivity index is 2.44. The lowest BCUT2D eigenvalue weighted by Gasteiger charge is -2.09. The molecule has 98 valence electrons. The van der Waals surface area contributed by atoms with Crippen molar-refractivity contribution in [2.75, 3.05) is 13.2 Å². The minimum Gasteiger partial charge on any atom is -0.389 e. The normalized spacial score (nSPS) is 14.8. The molecule has 6 nitrogen and oxygen atoms in total. The Morgan fingerprint density at radius 2 is 2.29 bits per heavy atom. The van der Waals surface area contributed by atoms with Crippen LogP contribution >= 0.6 is 0 Å². The lowest BCUT2D eigenvalue weighted by Crippen LogP contribution is -2.22. The zero-order chi connectivity index (χ0) is 12.7. The highest BCUT2D eigenvalue weighted by atomic mass is 16.5. The van der Waals surface area contributed by atoms with Crippen molar-refractivity contribution in [1.29, 1.82) is 0 Å². The summed E-state index contributed by atoms with van der Waals surface area (Å²) in [7, 11) is 0. The predicted molar refractivity (Wildman–Crippen MR) is 64.4 cm³/mol. The molecule has 0 spiro atoms. The first-order valence-electron chi connectivity index (χ1n) is 6.08. The summed E-state index contributed by atoms with van der Waals surface area (Å²) in [5, 5.41) is 17.6. The lowest BCUT2D eigenvalue weighted by molar-refractivity contribution is 0.0313. The zero-order valence-electron chi connectivity index (χ0n) is 10.5. The maximum absolute atomic E-state index is 9.64. The second kappa shape index (κ2) is 7.37. The number of aliphatic hydroxyl groups excluding tert-OH is 1. The van der Waals surface area contributed by atoms with E-state index < -0.39 is 6.10 Å². The molecule has 0 saturated heterocycles. The minimum absolute atomic E-state index is 0.0715. The van der Waals surface area contributed by atoms with Crippen LogP contribution in [-0.2, 0) is 11.3 Å². The van der Waals surface area contributed by atoms with Gasteiger partial charge in [-0.2, -0.15) is 0 Å². The van der Waals surface area contributed by atoms with E-state index in [1.807, 2.05) is 6.92 Å². The van der Waals surface area contributed by atoms with Crippen molar-refractivity contribution in [3.8, 4) is 0 Å². The molecule has 0 aromatic carbocycles. The van der Waals surface area contributed by atoms with Crippen LogP contribution in [0.2, 0.25) is 0 Å². The molecule has 6 heteroatoms. The summed E-state index contributed by atoms with van der Waals surface area (Å²) in [5.74, 6) is 0. The molecule has 0 aliphatic carbocycles. The second-order valence-electron chi connectivity index (χ2n) is 4.07. The van der Waals surface area contributed by atoms with Gasteiger partial charge in [-0.15, -0.1) is 5.10 Å². The van der Waals surface area contributed by atoms with Crippen LogP contribution in [0.5, 0.6) is 0 Å². The third-order valence-electron chi connectivity index (χ3n) is 2.45. The third kappa shape index (κ3) is 4.80. The molecule has 0 fully saturated rings. The molecule has 1 aromatic heterocycles. The highest BCUT2D eigenvalue weighted by Crippen LogP contribution is 2.11. The van der Waals surface area contributed by atoms with E-state index in [2.05, 4.69) is 17.2 Å². The molecule has 1 heterocycles. The minimum atomic E-state index is -0.563. The first-order valence-corrected chi connectivity index (χ1v) is 6.08. The van der Waals surface area contributed by atoms with E-state index in [4.69, 9.17) is 10.5 Å². The third-order valence-corrected chi connectivity index (χ3v) is 2.45. The number of rotatable bonds is 8. The largest absolute Gasteiger partial charge is 0.389 e. The fraction of sp³-hybridized carbons (Fsp3) is 0.818. The van der Waals surface area contributed by atoms with E-state index in [0.717, 1.165) is 18.5 Å². The number of aliphatic hydroxyl groups is 1. The van der Waals surface area contributed by atoms with Crippen LogP contribution in [0.1, 0.15) is 38.4 Å². The van der Waals surface area contributed by atoms with Crippen LogP contribution < -0.4 is 5.73 Å². The van der Waals surface area contributed by atoms with Crippen LogP contribution in [0.15, 0.2) is 6.20 Å². The first kappa shape index (κ1) is 14.1. The molecule has 17 heavy (non-hydrogen) atoms. The summed E-state index contributed by atoms with van der Waals surface area (Å²) < 4.78 is 6.73. The molecule has 1 rings (SSSR count). The number of hydrogen-bond donors (Lipinski definition) is 2. The van der Waals surface area contributed by atoms with Gasteiger partial charge in [-0.25, -0.2) is 4.68 Å². The maximum Gasteiger partial charge on any atom is 0.0994 e. The summed E-state index contributed by atoms with van der Waals surface area (Å²) in [6, 6.07) is -0.0715. The Kier molecular flexibility index (Phi) is 6.10. The maximum atomic E-state index is 9.64. The number of aromatic nitrogens is 3. The van der Waals surface area contributed by atoms with Gasteiger partial charge in [0.25, 0.3) is 0 Å². The molecule has 3 N–H and O–H groups in total. The van der Waals surface area contributed by atoms with Crippen molar-refractivity contribution < 1.29 is 9.84 Å². The summed E-state index contributed by atoms with van der Waals surface area (Å²) in [6.07, 6.45) is 3.13. The molecular formula is C11H22N4O2. The summed E-state index contributed by atoms with van der Waals surface area (Å²) in [5.41, 5.74) is 6.70. The number of nitrogens with two attached hydrogens (primary N) is 1. The first-order chi connectivity index (χ1) is 8.17. The Morgan fingerprint density at radius 3 is 2.94 bits per heavy atom. The standard InChI is InChI=1S/C11H22N4O2/c1-3-5-10(12)11-7-15(14-13-11)6-9(16)8-17-4-2/h7,9-10,16H,3-6,8,12H2,1-2H3. The van der Waals surface area contributed by atoms with Gasteiger partial charge in [-0.05, 0) is 13.3 Å². The predicted octanol–water partition coefficient (Wildman–Crippen LogP) is 0.475. The zero-order valence-corrected chi connectivity index (χ0v) is 10.5. The SMILES string of the molecule is CCCC(N)c1cn(CC(O)COCC)nn1. The van der Waals surface area contributed by atoms with Crippen LogP contribution in [0.4, 0.5) is 0 Å². The summed E-state index contributed by atoms with van der Waals surface area (Å²) in [6.45, 7) is 5.26. The second-order valence-corrected chi connectivity index (χ2v) is 4.07. The van der Waals surface area contributed by atoms with Gasteiger partial charge in [0.15, 0.2) is 0 Å². The van der Waals surface area contributed by atoms with Crippen LogP contribution in [-0.4, -0.2) is 39.4 Å². The number of nitrogens with zero attached hydrogens (tertiary/aromatic N) is 3.